The monoisotopic (exact) mass is 285 g/mol. The number of nitrogens with one attached hydrogen (secondary N) is 1. The van der Waals surface area contributed by atoms with E-state index in [2.05, 4.69) is 21.2 Å². The Hall–Kier alpha value is -0.870. The molecule has 0 bridgehead atoms. The van der Waals surface area contributed by atoms with Crippen LogP contribution in [0.2, 0.25) is 0 Å². The minimum atomic E-state index is -0.778. The molecule has 0 aliphatic carbocycles. The Bertz CT molecular complexity index is 368. The van der Waals surface area contributed by atoms with Crippen LogP contribution in [0.25, 0.3) is 0 Å². The van der Waals surface area contributed by atoms with Crippen molar-refractivity contribution in [3.05, 3.63) is 34.3 Å². The lowest BCUT2D eigenvalue weighted by Gasteiger charge is -2.20. The summed E-state index contributed by atoms with van der Waals surface area (Å²) in [4.78, 5) is 10.5. The van der Waals surface area contributed by atoms with Gasteiger partial charge in [-0.1, -0.05) is 34.1 Å². The molecule has 2 N–H and O–H groups in total. The van der Waals surface area contributed by atoms with E-state index in [1.165, 1.54) is 0 Å². The van der Waals surface area contributed by atoms with Crippen LogP contribution in [0.3, 0.4) is 0 Å². The summed E-state index contributed by atoms with van der Waals surface area (Å²) in [5.41, 5.74) is 1.14. The van der Waals surface area contributed by atoms with Crippen molar-refractivity contribution in [3.63, 3.8) is 0 Å². The van der Waals surface area contributed by atoms with Gasteiger partial charge in [0.15, 0.2) is 0 Å². The molecule has 0 aromatic heterocycles. The normalized spacial score (nSPS) is 14.4. The summed E-state index contributed by atoms with van der Waals surface area (Å²) >= 11 is 3.48. The molecular weight excluding hydrogens is 270 g/mol. The molecule has 0 fully saturated rings. The molecule has 1 rings (SSSR count). The molecule has 3 nitrogen and oxygen atoms in total. The van der Waals surface area contributed by atoms with Crippen LogP contribution in [-0.4, -0.2) is 17.1 Å². The van der Waals surface area contributed by atoms with E-state index in [-0.39, 0.29) is 18.5 Å². The maximum Gasteiger partial charge on any atom is 0.304 e. The first-order chi connectivity index (χ1) is 7.50. The number of benzene rings is 1. The van der Waals surface area contributed by atoms with Gasteiger partial charge in [0.25, 0.3) is 0 Å². The molecule has 1 aromatic carbocycles. The largest absolute Gasteiger partial charge is 0.481 e. The van der Waals surface area contributed by atoms with Gasteiger partial charge in [0.1, 0.15) is 0 Å². The molecule has 0 amide bonds. The summed E-state index contributed by atoms with van der Waals surface area (Å²) in [6.07, 6.45) is 0.134. The van der Waals surface area contributed by atoms with Gasteiger partial charge in [0.05, 0.1) is 6.42 Å². The van der Waals surface area contributed by atoms with Crippen LogP contribution in [0.5, 0.6) is 0 Å². The van der Waals surface area contributed by atoms with Crippen molar-refractivity contribution in [2.24, 2.45) is 0 Å². The minimum Gasteiger partial charge on any atom is -0.481 e. The third-order valence-corrected chi connectivity index (χ3v) is 3.11. The Labute approximate surface area is 104 Å². The van der Waals surface area contributed by atoms with Crippen LogP contribution >= 0.6 is 15.9 Å². The fourth-order valence-corrected chi connectivity index (χ4v) is 2.29. The maximum absolute atomic E-state index is 10.5. The Kier molecular flexibility index (Phi) is 4.96. The molecule has 0 aliphatic heterocycles. The van der Waals surface area contributed by atoms with Crippen molar-refractivity contribution in [1.29, 1.82) is 0 Å². The van der Waals surface area contributed by atoms with Crippen molar-refractivity contribution in [2.45, 2.75) is 32.4 Å². The summed E-state index contributed by atoms with van der Waals surface area (Å²) in [5.74, 6) is -0.778. The second-order valence-electron chi connectivity index (χ2n) is 3.91. The first-order valence-corrected chi connectivity index (χ1v) is 6.02. The second kappa shape index (κ2) is 6.01. The lowest BCUT2D eigenvalue weighted by atomic mass is 10.1. The smallest absolute Gasteiger partial charge is 0.304 e. The Morgan fingerprint density at radius 3 is 2.62 bits per heavy atom. The highest BCUT2D eigenvalue weighted by molar-refractivity contribution is 9.10. The first kappa shape index (κ1) is 13.2. The molecule has 0 saturated carbocycles. The molecule has 1 unspecified atom stereocenters. The van der Waals surface area contributed by atoms with E-state index in [1.807, 2.05) is 38.1 Å². The molecule has 0 radical (unpaired) electrons. The average Bonchev–Trinajstić information content (AvgIpc) is 2.16. The number of hydrogen-bond donors (Lipinski definition) is 2. The second-order valence-corrected chi connectivity index (χ2v) is 4.76. The lowest BCUT2D eigenvalue weighted by Crippen LogP contribution is -2.31. The predicted octanol–water partition coefficient (Wildman–Crippen LogP) is 2.96. The summed E-state index contributed by atoms with van der Waals surface area (Å²) in [7, 11) is 0. The molecular formula is C12H16BrNO2. The van der Waals surface area contributed by atoms with Gasteiger partial charge in [0.2, 0.25) is 0 Å². The fraction of sp³-hybridized carbons (Fsp3) is 0.417. The van der Waals surface area contributed by atoms with E-state index in [0.29, 0.717) is 0 Å². The summed E-state index contributed by atoms with van der Waals surface area (Å²) < 4.78 is 1.04. The lowest BCUT2D eigenvalue weighted by molar-refractivity contribution is -0.137. The van der Waals surface area contributed by atoms with Crippen molar-refractivity contribution in [1.82, 2.24) is 5.32 Å². The summed E-state index contributed by atoms with van der Waals surface area (Å²) in [6, 6.07) is 8.02. The quantitative estimate of drug-likeness (QED) is 0.875. The fourth-order valence-electron chi connectivity index (χ4n) is 1.66. The molecule has 0 heterocycles. The summed E-state index contributed by atoms with van der Waals surface area (Å²) in [5, 5.41) is 11.9. The average molecular weight is 286 g/mol. The number of rotatable bonds is 5. The molecule has 0 aliphatic rings. The van der Waals surface area contributed by atoms with Crippen LogP contribution in [0, 0.1) is 0 Å². The van der Waals surface area contributed by atoms with Crippen LogP contribution in [-0.2, 0) is 4.79 Å². The SMILES string of the molecule is CC(CC(=O)O)N[C@H](C)c1ccccc1Br. The van der Waals surface area contributed by atoms with Gasteiger partial charge in [0, 0.05) is 16.6 Å². The van der Waals surface area contributed by atoms with E-state index in [0.717, 1.165) is 10.0 Å². The van der Waals surface area contributed by atoms with Crippen molar-refractivity contribution in [3.8, 4) is 0 Å². The Balaban J connectivity index is 2.62. The minimum absolute atomic E-state index is 0.0420. The number of halogens is 1. The number of carbonyl (C=O) groups is 1. The molecule has 0 spiro atoms. The van der Waals surface area contributed by atoms with Crippen molar-refractivity contribution < 1.29 is 9.90 Å². The van der Waals surface area contributed by atoms with E-state index in [4.69, 9.17) is 5.11 Å². The zero-order valence-electron chi connectivity index (χ0n) is 9.40. The van der Waals surface area contributed by atoms with Gasteiger partial charge in [-0.15, -0.1) is 0 Å². The zero-order chi connectivity index (χ0) is 12.1. The Morgan fingerprint density at radius 2 is 2.06 bits per heavy atom. The van der Waals surface area contributed by atoms with E-state index in [9.17, 15) is 4.79 Å². The van der Waals surface area contributed by atoms with Crippen molar-refractivity contribution in [2.75, 3.05) is 0 Å². The van der Waals surface area contributed by atoms with E-state index in [1.54, 1.807) is 0 Å². The first-order valence-electron chi connectivity index (χ1n) is 5.23. The van der Waals surface area contributed by atoms with Gasteiger partial charge < -0.3 is 10.4 Å². The van der Waals surface area contributed by atoms with Gasteiger partial charge in [-0.05, 0) is 25.5 Å². The third kappa shape index (κ3) is 3.94. The highest BCUT2D eigenvalue weighted by Crippen LogP contribution is 2.23. The maximum atomic E-state index is 10.5. The van der Waals surface area contributed by atoms with E-state index >= 15 is 0 Å². The van der Waals surface area contributed by atoms with Gasteiger partial charge >= 0.3 is 5.97 Å². The van der Waals surface area contributed by atoms with Crippen molar-refractivity contribution >= 4 is 21.9 Å². The molecule has 1 aromatic rings. The van der Waals surface area contributed by atoms with E-state index < -0.39 is 5.97 Å². The summed E-state index contributed by atoms with van der Waals surface area (Å²) in [6.45, 7) is 3.90. The highest BCUT2D eigenvalue weighted by atomic mass is 79.9. The van der Waals surface area contributed by atoms with Crippen LogP contribution in [0.15, 0.2) is 28.7 Å². The number of carboxylic acids is 1. The molecule has 0 saturated heterocycles. The standard InChI is InChI=1S/C12H16BrNO2/c1-8(7-12(15)16)14-9(2)10-5-3-4-6-11(10)13/h3-6,8-9,14H,7H2,1-2H3,(H,15,16)/t8?,9-/m1/s1. The van der Waals surface area contributed by atoms with Gasteiger partial charge in [-0.3, -0.25) is 4.79 Å². The van der Waals surface area contributed by atoms with Crippen LogP contribution in [0.4, 0.5) is 0 Å². The zero-order valence-corrected chi connectivity index (χ0v) is 11.0. The predicted molar refractivity (Wildman–Crippen MR) is 67.4 cm³/mol. The van der Waals surface area contributed by atoms with Gasteiger partial charge in [-0.2, -0.15) is 0 Å². The molecule has 4 heteroatoms. The van der Waals surface area contributed by atoms with Crippen LogP contribution in [0.1, 0.15) is 31.9 Å². The number of carboxylic acid groups (broad SMARTS) is 1. The number of hydrogen-bond acceptors (Lipinski definition) is 2. The molecule has 88 valence electrons. The molecule has 16 heavy (non-hydrogen) atoms. The van der Waals surface area contributed by atoms with Gasteiger partial charge in [-0.25, -0.2) is 0 Å². The topological polar surface area (TPSA) is 49.3 Å². The third-order valence-electron chi connectivity index (χ3n) is 2.39. The Morgan fingerprint density at radius 1 is 1.44 bits per heavy atom. The number of aliphatic carboxylic acids is 1. The van der Waals surface area contributed by atoms with Crippen LogP contribution < -0.4 is 5.32 Å². The highest BCUT2D eigenvalue weighted by Gasteiger charge is 2.13. The molecule has 2 atom stereocenters.